The van der Waals surface area contributed by atoms with Gasteiger partial charge in [-0.05, 0) is 73.7 Å². The van der Waals surface area contributed by atoms with Crippen LogP contribution in [0.1, 0.15) is 97.0 Å². The number of aryl methyl sites for hydroxylation is 1. The summed E-state index contributed by atoms with van der Waals surface area (Å²) in [6.45, 7) is 15.4. The second kappa shape index (κ2) is 11.4. The van der Waals surface area contributed by atoms with Crippen molar-refractivity contribution < 1.29 is 18.7 Å². The fraction of sp³-hybridized carbons (Fsp3) is 0.786. The highest BCUT2D eigenvalue weighted by atomic mass is 31.2. The zero-order valence-electron chi connectivity index (χ0n) is 21.9. The third-order valence-corrected chi connectivity index (χ3v) is 10.2. The summed E-state index contributed by atoms with van der Waals surface area (Å²) in [6.07, 6.45) is 5.90. The van der Waals surface area contributed by atoms with E-state index in [1.54, 1.807) is 0 Å². The second-order valence-electron chi connectivity index (χ2n) is 11.8. The third-order valence-electron chi connectivity index (χ3n) is 8.16. The molecule has 1 aromatic rings. The van der Waals surface area contributed by atoms with Crippen molar-refractivity contribution in [2.24, 2.45) is 35.5 Å². The minimum atomic E-state index is -3.84. The van der Waals surface area contributed by atoms with Crippen LogP contribution in [0.3, 0.4) is 0 Å². The SMILES string of the molecule is Cc1ccc([C@@H](O)P(=O)(O[C@@H]2C[C@@H](C)CC[C@@H]2C(C)C)O[C@@H]2C[C@@H](C)CC[C@H]2C(C)C)cc1. The Morgan fingerprint density at radius 1 is 0.818 bits per heavy atom. The van der Waals surface area contributed by atoms with E-state index < -0.39 is 13.4 Å². The summed E-state index contributed by atoms with van der Waals surface area (Å²) in [5, 5.41) is 11.5. The Hall–Kier alpha value is -0.670. The third kappa shape index (κ3) is 6.72. The highest BCUT2D eigenvalue weighted by molar-refractivity contribution is 7.54. The van der Waals surface area contributed by atoms with E-state index in [-0.39, 0.29) is 12.2 Å². The molecule has 3 rings (SSSR count). The molecule has 0 aromatic heterocycles. The first-order valence-corrected chi connectivity index (χ1v) is 14.8. The maximum absolute atomic E-state index is 14.6. The van der Waals surface area contributed by atoms with Gasteiger partial charge in [-0.2, -0.15) is 0 Å². The maximum atomic E-state index is 14.6. The van der Waals surface area contributed by atoms with Gasteiger partial charge in [-0.1, -0.05) is 84.2 Å². The zero-order valence-corrected chi connectivity index (χ0v) is 22.8. The Labute approximate surface area is 202 Å². The first-order chi connectivity index (χ1) is 15.5. The van der Waals surface area contributed by atoms with Gasteiger partial charge in [0.1, 0.15) is 0 Å². The smallest absolute Gasteiger partial charge is 0.363 e. The van der Waals surface area contributed by atoms with Crippen molar-refractivity contribution >= 4 is 7.60 Å². The van der Waals surface area contributed by atoms with Crippen molar-refractivity contribution in [3.63, 3.8) is 0 Å². The van der Waals surface area contributed by atoms with Crippen molar-refractivity contribution in [3.8, 4) is 0 Å². The average molecular weight is 479 g/mol. The topological polar surface area (TPSA) is 55.8 Å². The standard InChI is InChI=1S/C28H47O4P/c1-18(2)24-14-10-21(6)16-26(24)31-33(30,28(29)23-12-8-20(5)9-13-23)32-27-17-22(7)11-15-25(27)19(3)4/h8-9,12-13,18-19,21-22,24-29H,10-11,14-17H2,1-7H3/t21-,22-,24-,25+,26+,27+,28-,33?/m0/s1. The van der Waals surface area contributed by atoms with Crippen LogP contribution in [0.25, 0.3) is 0 Å². The van der Waals surface area contributed by atoms with Gasteiger partial charge in [-0.15, -0.1) is 0 Å². The maximum Gasteiger partial charge on any atom is 0.363 e. The molecule has 2 aliphatic carbocycles. The summed E-state index contributed by atoms with van der Waals surface area (Å²) >= 11 is 0. The lowest BCUT2D eigenvalue weighted by molar-refractivity contribution is -0.0153. The largest absolute Gasteiger partial charge is 0.376 e. The van der Waals surface area contributed by atoms with Gasteiger partial charge in [0.25, 0.3) is 0 Å². The second-order valence-corrected chi connectivity index (χ2v) is 13.8. The fourth-order valence-corrected chi connectivity index (χ4v) is 7.97. The van der Waals surface area contributed by atoms with E-state index >= 15 is 0 Å². The number of benzene rings is 1. The molecule has 0 heterocycles. The summed E-state index contributed by atoms with van der Waals surface area (Å²) in [7, 11) is -3.84. The molecular weight excluding hydrogens is 431 g/mol. The predicted molar refractivity (Wildman–Crippen MR) is 136 cm³/mol. The molecule has 1 aromatic carbocycles. The van der Waals surface area contributed by atoms with Crippen LogP contribution in [0.15, 0.2) is 24.3 Å². The molecule has 0 bridgehead atoms. The summed E-state index contributed by atoms with van der Waals surface area (Å²) in [5.74, 6) is 1.30. The average Bonchev–Trinajstić information content (AvgIpc) is 2.73. The molecule has 1 N–H and O–H groups in total. The van der Waals surface area contributed by atoms with E-state index in [0.717, 1.165) is 31.2 Å². The normalized spacial score (nSPS) is 33.8. The Kier molecular flexibility index (Phi) is 9.28. The molecule has 0 aliphatic heterocycles. The van der Waals surface area contributed by atoms with Gasteiger partial charge in [0, 0.05) is 0 Å². The minimum Gasteiger partial charge on any atom is -0.376 e. The van der Waals surface area contributed by atoms with Crippen LogP contribution in [0.5, 0.6) is 0 Å². The molecule has 2 fully saturated rings. The molecule has 0 amide bonds. The summed E-state index contributed by atoms with van der Waals surface area (Å²) in [5.41, 5.74) is 1.71. The van der Waals surface area contributed by atoms with Crippen molar-refractivity contribution in [1.82, 2.24) is 0 Å². The minimum absolute atomic E-state index is 0.154. The quantitative estimate of drug-likeness (QED) is 0.383. The van der Waals surface area contributed by atoms with Gasteiger partial charge in [-0.3, -0.25) is 4.57 Å². The van der Waals surface area contributed by atoms with E-state index in [4.69, 9.17) is 9.05 Å². The lowest BCUT2D eigenvalue weighted by Crippen LogP contribution is -2.37. The van der Waals surface area contributed by atoms with E-state index in [9.17, 15) is 9.67 Å². The van der Waals surface area contributed by atoms with E-state index in [1.807, 2.05) is 31.2 Å². The highest BCUT2D eigenvalue weighted by Crippen LogP contribution is 2.64. The molecule has 2 saturated carbocycles. The molecule has 33 heavy (non-hydrogen) atoms. The van der Waals surface area contributed by atoms with Crippen LogP contribution in [-0.4, -0.2) is 17.3 Å². The monoisotopic (exact) mass is 478 g/mol. The van der Waals surface area contributed by atoms with Crippen LogP contribution in [0.4, 0.5) is 0 Å². The van der Waals surface area contributed by atoms with E-state index in [1.165, 1.54) is 12.8 Å². The molecular formula is C28H47O4P. The van der Waals surface area contributed by atoms with E-state index in [2.05, 4.69) is 41.5 Å². The van der Waals surface area contributed by atoms with Crippen LogP contribution in [0, 0.1) is 42.4 Å². The first kappa shape index (κ1) is 26.9. The Balaban J connectivity index is 1.94. The summed E-state index contributed by atoms with van der Waals surface area (Å²) in [6, 6.07) is 7.60. The first-order valence-electron chi connectivity index (χ1n) is 13.2. The molecule has 188 valence electrons. The number of rotatable bonds is 8. The Bertz CT molecular complexity index is 752. The van der Waals surface area contributed by atoms with Gasteiger partial charge in [0.15, 0.2) is 5.85 Å². The van der Waals surface area contributed by atoms with E-state index in [0.29, 0.717) is 41.1 Å². The van der Waals surface area contributed by atoms with Crippen molar-refractivity contribution in [2.75, 3.05) is 0 Å². The molecule has 5 heteroatoms. The number of hydrogen-bond donors (Lipinski definition) is 1. The van der Waals surface area contributed by atoms with Crippen molar-refractivity contribution in [1.29, 1.82) is 0 Å². The molecule has 0 radical (unpaired) electrons. The molecule has 1 unspecified atom stereocenters. The van der Waals surface area contributed by atoms with Crippen LogP contribution >= 0.6 is 7.60 Å². The molecule has 4 nitrogen and oxygen atoms in total. The highest BCUT2D eigenvalue weighted by Gasteiger charge is 2.46. The van der Waals surface area contributed by atoms with Crippen molar-refractivity contribution in [3.05, 3.63) is 35.4 Å². The molecule has 0 saturated heterocycles. The lowest BCUT2D eigenvalue weighted by Gasteiger charge is -2.42. The van der Waals surface area contributed by atoms with Crippen LogP contribution in [0.2, 0.25) is 0 Å². The fourth-order valence-electron chi connectivity index (χ4n) is 5.91. The van der Waals surface area contributed by atoms with Crippen molar-refractivity contribution in [2.45, 2.75) is 105 Å². The van der Waals surface area contributed by atoms with Crippen LogP contribution in [-0.2, 0) is 13.6 Å². The molecule has 0 spiro atoms. The zero-order chi connectivity index (χ0) is 24.3. The Morgan fingerprint density at radius 2 is 1.24 bits per heavy atom. The van der Waals surface area contributed by atoms with Gasteiger partial charge in [-0.25, -0.2) is 0 Å². The number of aliphatic hydroxyl groups is 1. The van der Waals surface area contributed by atoms with Crippen LogP contribution < -0.4 is 0 Å². The van der Waals surface area contributed by atoms with Gasteiger partial charge >= 0.3 is 7.60 Å². The Morgan fingerprint density at radius 3 is 1.64 bits per heavy atom. The lowest BCUT2D eigenvalue weighted by atomic mass is 9.75. The number of aliphatic hydroxyl groups excluding tert-OH is 1. The summed E-state index contributed by atoms with van der Waals surface area (Å²) in [4.78, 5) is 0. The number of hydrogen-bond acceptors (Lipinski definition) is 4. The molecule has 8 atom stereocenters. The predicted octanol–water partition coefficient (Wildman–Crippen LogP) is 8.13. The summed E-state index contributed by atoms with van der Waals surface area (Å²) < 4.78 is 27.6. The van der Waals surface area contributed by atoms with Gasteiger partial charge in [0.2, 0.25) is 0 Å². The van der Waals surface area contributed by atoms with Gasteiger partial charge < -0.3 is 14.2 Å². The van der Waals surface area contributed by atoms with Gasteiger partial charge in [0.05, 0.1) is 12.2 Å². The molecule has 2 aliphatic rings.